The first-order valence-corrected chi connectivity index (χ1v) is 9.22. The van der Waals surface area contributed by atoms with E-state index in [-0.39, 0.29) is 5.91 Å². The summed E-state index contributed by atoms with van der Waals surface area (Å²) in [6.45, 7) is 1.71. The first kappa shape index (κ1) is 20.7. The molecule has 1 amide bonds. The average Bonchev–Trinajstić information content (AvgIpc) is 2.73. The number of hydrogen-bond donors (Lipinski definition) is 3. The Morgan fingerprint density at radius 3 is 2.57 bits per heavy atom. The molecule has 30 heavy (non-hydrogen) atoms. The van der Waals surface area contributed by atoms with Crippen LogP contribution in [0.25, 0.3) is 12.2 Å². The summed E-state index contributed by atoms with van der Waals surface area (Å²) in [5.74, 6) is 0.416. The van der Waals surface area contributed by atoms with Crippen molar-refractivity contribution in [2.24, 2.45) is 0 Å². The third kappa shape index (κ3) is 5.05. The first-order chi connectivity index (χ1) is 14.3. The van der Waals surface area contributed by atoms with E-state index in [4.69, 9.17) is 11.1 Å². The molecule has 0 bridgehead atoms. The van der Waals surface area contributed by atoms with E-state index in [0.717, 1.165) is 5.56 Å². The van der Waals surface area contributed by atoms with E-state index < -0.39 is 0 Å². The highest BCUT2D eigenvalue weighted by atomic mass is 16.2. The summed E-state index contributed by atoms with van der Waals surface area (Å²) in [4.78, 5) is 26.4. The molecule has 8 heteroatoms. The maximum absolute atomic E-state index is 12.1. The van der Waals surface area contributed by atoms with Gasteiger partial charge in [0.05, 0.1) is 35.5 Å². The predicted octanol–water partition coefficient (Wildman–Crippen LogP) is 3.46. The molecule has 0 aliphatic heterocycles. The average molecular weight is 401 g/mol. The third-order valence-corrected chi connectivity index (χ3v) is 4.26. The van der Waals surface area contributed by atoms with Crippen LogP contribution in [0.3, 0.4) is 0 Å². The SMILES string of the molecule is CC(=N)c1cc(/C=C/c2cnc(Nc3cncc(C(=O)N(C)C)c3)cn2)ccc1N. The van der Waals surface area contributed by atoms with E-state index in [2.05, 4.69) is 20.3 Å². The molecule has 0 radical (unpaired) electrons. The molecule has 0 fully saturated rings. The van der Waals surface area contributed by atoms with Gasteiger partial charge in [-0.2, -0.15) is 0 Å². The second-order valence-corrected chi connectivity index (χ2v) is 6.92. The molecule has 0 aliphatic rings. The van der Waals surface area contributed by atoms with Crippen molar-refractivity contribution in [3.8, 4) is 0 Å². The molecule has 8 nitrogen and oxygen atoms in total. The highest BCUT2D eigenvalue weighted by Crippen LogP contribution is 2.18. The van der Waals surface area contributed by atoms with Crippen molar-refractivity contribution in [3.05, 3.63) is 71.4 Å². The van der Waals surface area contributed by atoms with Gasteiger partial charge in [0.15, 0.2) is 0 Å². The van der Waals surface area contributed by atoms with Crippen LogP contribution in [0.5, 0.6) is 0 Å². The van der Waals surface area contributed by atoms with Gasteiger partial charge in [0, 0.05) is 37.3 Å². The number of anilines is 3. The number of nitrogens with one attached hydrogen (secondary N) is 2. The van der Waals surface area contributed by atoms with Gasteiger partial charge in [0.25, 0.3) is 5.91 Å². The summed E-state index contributed by atoms with van der Waals surface area (Å²) in [6.07, 6.45) is 10.1. The van der Waals surface area contributed by atoms with E-state index in [1.807, 2.05) is 24.3 Å². The van der Waals surface area contributed by atoms with E-state index in [9.17, 15) is 4.79 Å². The fourth-order valence-electron chi connectivity index (χ4n) is 2.70. The lowest BCUT2D eigenvalue weighted by molar-refractivity contribution is 0.0827. The van der Waals surface area contributed by atoms with Crippen LogP contribution in [0.2, 0.25) is 0 Å². The minimum atomic E-state index is -0.123. The summed E-state index contributed by atoms with van der Waals surface area (Å²) < 4.78 is 0. The van der Waals surface area contributed by atoms with Crippen LogP contribution in [0, 0.1) is 5.41 Å². The fourth-order valence-corrected chi connectivity index (χ4v) is 2.70. The van der Waals surface area contributed by atoms with Gasteiger partial charge in [-0.15, -0.1) is 0 Å². The van der Waals surface area contributed by atoms with Crippen LogP contribution < -0.4 is 11.1 Å². The highest BCUT2D eigenvalue weighted by molar-refractivity contribution is 6.01. The van der Waals surface area contributed by atoms with Gasteiger partial charge in [0.1, 0.15) is 5.82 Å². The number of nitrogen functional groups attached to an aromatic ring is 1. The van der Waals surface area contributed by atoms with E-state index in [0.29, 0.717) is 39.7 Å². The van der Waals surface area contributed by atoms with E-state index in [1.165, 1.54) is 11.1 Å². The monoisotopic (exact) mass is 401 g/mol. The number of pyridine rings is 1. The molecule has 4 N–H and O–H groups in total. The molecule has 0 saturated heterocycles. The van der Waals surface area contributed by atoms with Gasteiger partial charge in [-0.1, -0.05) is 12.1 Å². The molecule has 3 aromatic rings. The van der Waals surface area contributed by atoms with Crippen molar-refractivity contribution in [2.75, 3.05) is 25.1 Å². The quantitative estimate of drug-likeness (QED) is 0.430. The van der Waals surface area contributed by atoms with Gasteiger partial charge in [-0.25, -0.2) is 4.98 Å². The molecule has 2 aromatic heterocycles. The van der Waals surface area contributed by atoms with Crippen molar-refractivity contribution in [3.63, 3.8) is 0 Å². The molecule has 0 spiro atoms. The lowest BCUT2D eigenvalue weighted by Gasteiger charge is -2.11. The summed E-state index contributed by atoms with van der Waals surface area (Å²) in [5, 5.41) is 10.9. The van der Waals surface area contributed by atoms with Crippen LogP contribution in [0.15, 0.2) is 49.1 Å². The number of nitrogens with zero attached hydrogens (tertiary/aromatic N) is 4. The third-order valence-electron chi connectivity index (χ3n) is 4.26. The minimum absolute atomic E-state index is 0.123. The van der Waals surface area contributed by atoms with Crippen molar-refractivity contribution < 1.29 is 4.79 Å². The molecule has 0 saturated carbocycles. The number of aromatic nitrogens is 3. The van der Waals surface area contributed by atoms with Gasteiger partial charge < -0.3 is 21.4 Å². The van der Waals surface area contributed by atoms with Gasteiger partial charge in [-0.3, -0.25) is 14.8 Å². The van der Waals surface area contributed by atoms with Gasteiger partial charge >= 0.3 is 0 Å². The number of carbonyl (C=O) groups is 1. The summed E-state index contributed by atoms with van der Waals surface area (Å²) >= 11 is 0. The lowest BCUT2D eigenvalue weighted by atomic mass is 10.0. The standard InChI is InChI=1S/C22H23N7O/c1-14(23)19-8-15(5-7-20(19)24)4-6-17-12-27-21(13-26-17)28-18-9-16(10-25-11-18)22(30)29(2)3/h4-13,23H,24H2,1-3H3,(H,27,28)/b6-4+,23-14?. The topological polar surface area (TPSA) is 121 Å². The van der Waals surface area contributed by atoms with E-state index in [1.54, 1.807) is 51.7 Å². The molecule has 152 valence electrons. The Bertz CT molecular complexity index is 1100. The number of nitrogens with two attached hydrogens (primary N) is 1. The molecule has 0 atom stereocenters. The highest BCUT2D eigenvalue weighted by Gasteiger charge is 2.09. The second-order valence-electron chi connectivity index (χ2n) is 6.92. The molecule has 0 aliphatic carbocycles. The normalized spacial score (nSPS) is 10.8. The molecule has 2 heterocycles. The first-order valence-electron chi connectivity index (χ1n) is 9.22. The molecular weight excluding hydrogens is 378 g/mol. The fraction of sp³-hybridized carbons (Fsp3) is 0.136. The zero-order chi connectivity index (χ0) is 21.7. The van der Waals surface area contributed by atoms with Crippen molar-refractivity contribution in [1.29, 1.82) is 5.41 Å². The van der Waals surface area contributed by atoms with E-state index >= 15 is 0 Å². The number of hydrogen-bond acceptors (Lipinski definition) is 7. The molecule has 3 rings (SSSR count). The van der Waals surface area contributed by atoms with Gasteiger partial charge in [0.2, 0.25) is 0 Å². The zero-order valence-corrected chi connectivity index (χ0v) is 17.0. The van der Waals surface area contributed by atoms with Crippen molar-refractivity contribution in [1.82, 2.24) is 19.9 Å². The van der Waals surface area contributed by atoms with Gasteiger partial charge in [-0.05, 0) is 36.8 Å². The zero-order valence-electron chi connectivity index (χ0n) is 17.0. The number of carbonyl (C=O) groups excluding carboxylic acids is 1. The maximum atomic E-state index is 12.1. The van der Waals surface area contributed by atoms with Crippen LogP contribution in [0.1, 0.15) is 34.1 Å². The maximum Gasteiger partial charge on any atom is 0.254 e. The Morgan fingerprint density at radius 1 is 1.10 bits per heavy atom. The predicted molar refractivity (Wildman–Crippen MR) is 120 cm³/mol. The Labute approximate surface area is 175 Å². The van der Waals surface area contributed by atoms with Crippen LogP contribution in [0.4, 0.5) is 17.2 Å². The summed E-state index contributed by atoms with van der Waals surface area (Å²) in [5.41, 5.74) is 10.4. The number of amides is 1. The van der Waals surface area contributed by atoms with Crippen molar-refractivity contribution >= 4 is 41.0 Å². The van der Waals surface area contributed by atoms with Crippen LogP contribution in [-0.2, 0) is 0 Å². The largest absolute Gasteiger partial charge is 0.398 e. The lowest BCUT2D eigenvalue weighted by Crippen LogP contribution is -2.21. The number of benzene rings is 1. The molecular formula is C22H23N7O. The Balaban J connectivity index is 1.71. The Hall–Kier alpha value is -4.07. The molecule has 1 aromatic carbocycles. The van der Waals surface area contributed by atoms with Crippen LogP contribution in [-0.4, -0.2) is 45.6 Å². The summed E-state index contributed by atoms with van der Waals surface area (Å²) in [7, 11) is 3.38. The number of rotatable bonds is 6. The molecule has 0 unspecified atom stereocenters. The smallest absolute Gasteiger partial charge is 0.254 e. The Kier molecular flexibility index (Phi) is 6.17. The summed E-state index contributed by atoms with van der Waals surface area (Å²) in [6, 6.07) is 7.26. The Morgan fingerprint density at radius 2 is 1.90 bits per heavy atom. The van der Waals surface area contributed by atoms with Crippen molar-refractivity contribution in [2.45, 2.75) is 6.92 Å². The minimum Gasteiger partial charge on any atom is -0.398 e. The second kappa shape index (κ2) is 8.95. The van der Waals surface area contributed by atoms with Crippen LogP contribution >= 0.6 is 0 Å².